The molecule has 0 saturated carbocycles. The Kier molecular flexibility index (Phi) is 6.34. The minimum Gasteiger partial charge on any atom is -0.496 e. The number of hydrogen-bond acceptors (Lipinski definition) is 3. The fraction of sp³-hybridized carbons (Fsp3) is 0.217. The molecule has 6 heteroatoms. The fourth-order valence-electron chi connectivity index (χ4n) is 3.16. The van der Waals surface area contributed by atoms with Gasteiger partial charge in [0.05, 0.1) is 12.7 Å². The Hall–Kier alpha value is -3.54. The van der Waals surface area contributed by atoms with Crippen molar-refractivity contribution >= 4 is 28.8 Å². The van der Waals surface area contributed by atoms with Crippen LogP contribution < -0.4 is 15.4 Å². The average Bonchev–Trinajstić information content (AvgIpc) is 3.07. The number of fused-ring (bicyclic) bond motifs is 1. The zero-order valence-electron chi connectivity index (χ0n) is 16.9. The molecule has 0 aliphatic rings. The van der Waals surface area contributed by atoms with Crippen molar-refractivity contribution in [3.8, 4) is 5.75 Å². The smallest absolute Gasteiger partial charge is 0.267 e. The van der Waals surface area contributed by atoms with Crippen LogP contribution in [0.25, 0.3) is 17.0 Å². The van der Waals surface area contributed by atoms with E-state index < -0.39 is 5.91 Å². The van der Waals surface area contributed by atoms with Crippen molar-refractivity contribution in [1.29, 1.82) is 0 Å². The van der Waals surface area contributed by atoms with Crippen LogP contribution in [0.5, 0.6) is 5.75 Å². The summed E-state index contributed by atoms with van der Waals surface area (Å²) in [6.07, 6.45) is 4.45. The van der Waals surface area contributed by atoms with Crippen LogP contribution in [-0.2, 0) is 11.8 Å². The van der Waals surface area contributed by atoms with E-state index in [9.17, 15) is 9.59 Å². The summed E-state index contributed by atoms with van der Waals surface area (Å²) in [7, 11) is 3.46. The number of benzene rings is 2. The number of ether oxygens (including phenoxy) is 1. The van der Waals surface area contributed by atoms with Crippen molar-refractivity contribution in [3.63, 3.8) is 0 Å². The predicted octanol–water partition coefficient (Wildman–Crippen LogP) is 3.48. The first-order chi connectivity index (χ1) is 14.0. The van der Waals surface area contributed by atoms with Gasteiger partial charge in [0.15, 0.2) is 0 Å². The monoisotopic (exact) mass is 391 g/mol. The Balaban J connectivity index is 1.99. The first-order valence-corrected chi connectivity index (χ1v) is 9.53. The summed E-state index contributed by atoms with van der Waals surface area (Å²) in [6.45, 7) is 2.50. The maximum atomic E-state index is 12.9. The molecule has 2 aromatic carbocycles. The topological polar surface area (TPSA) is 72.4 Å². The minimum atomic E-state index is -0.402. The lowest BCUT2D eigenvalue weighted by molar-refractivity contribution is -0.117. The molecule has 2 N–H and O–H groups in total. The van der Waals surface area contributed by atoms with E-state index in [0.29, 0.717) is 17.9 Å². The quantitative estimate of drug-likeness (QED) is 0.606. The normalized spacial score (nSPS) is 11.3. The summed E-state index contributed by atoms with van der Waals surface area (Å²) in [5.41, 5.74) is 2.45. The van der Waals surface area contributed by atoms with E-state index in [1.807, 2.05) is 49.0 Å². The number of carbonyl (C=O) groups is 2. The highest BCUT2D eigenvalue weighted by atomic mass is 16.5. The molecular weight excluding hydrogens is 366 g/mol. The van der Waals surface area contributed by atoms with E-state index in [1.54, 1.807) is 30.3 Å². The standard InChI is InChI=1S/C23H25N3O3/c1-4-13-24-23(28)19(25-22(27)18-10-6-8-12-21(18)29-3)14-16-15-26(2)20-11-7-5-9-17(16)20/h5-12,14-15H,4,13H2,1-3H3,(H,24,28)(H,25,27). The van der Waals surface area contributed by atoms with Gasteiger partial charge in [-0.2, -0.15) is 0 Å². The van der Waals surface area contributed by atoms with Gasteiger partial charge in [0.25, 0.3) is 11.8 Å². The van der Waals surface area contributed by atoms with Crippen molar-refractivity contribution < 1.29 is 14.3 Å². The Morgan fingerprint density at radius 3 is 2.59 bits per heavy atom. The number of nitrogens with one attached hydrogen (secondary N) is 2. The molecule has 6 nitrogen and oxygen atoms in total. The number of nitrogens with zero attached hydrogens (tertiary/aromatic N) is 1. The summed E-state index contributed by atoms with van der Waals surface area (Å²) < 4.78 is 7.26. The molecule has 3 rings (SSSR count). The van der Waals surface area contributed by atoms with Crippen LogP contribution in [-0.4, -0.2) is 30.0 Å². The average molecular weight is 391 g/mol. The van der Waals surface area contributed by atoms with E-state index in [-0.39, 0.29) is 11.6 Å². The van der Waals surface area contributed by atoms with Gasteiger partial charge in [0.1, 0.15) is 11.4 Å². The lowest BCUT2D eigenvalue weighted by Gasteiger charge is -2.12. The second-order valence-corrected chi connectivity index (χ2v) is 6.68. The van der Waals surface area contributed by atoms with Crippen LogP contribution in [0.2, 0.25) is 0 Å². The molecular formula is C23H25N3O3. The number of aryl methyl sites for hydroxylation is 1. The summed E-state index contributed by atoms with van der Waals surface area (Å²) >= 11 is 0. The van der Waals surface area contributed by atoms with Gasteiger partial charge >= 0.3 is 0 Å². The predicted molar refractivity (Wildman–Crippen MR) is 115 cm³/mol. The zero-order chi connectivity index (χ0) is 20.8. The molecule has 0 spiro atoms. The molecule has 0 bridgehead atoms. The van der Waals surface area contributed by atoms with Gasteiger partial charge in [0.2, 0.25) is 0 Å². The molecule has 29 heavy (non-hydrogen) atoms. The van der Waals surface area contributed by atoms with Crippen molar-refractivity contribution in [2.75, 3.05) is 13.7 Å². The third-order valence-corrected chi connectivity index (χ3v) is 4.61. The first-order valence-electron chi connectivity index (χ1n) is 9.53. The molecule has 2 amide bonds. The number of aromatic nitrogens is 1. The molecule has 0 unspecified atom stereocenters. The lowest BCUT2D eigenvalue weighted by Crippen LogP contribution is -2.35. The Morgan fingerprint density at radius 2 is 1.83 bits per heavy atom. The number of carbonyl (C=O) groups excluding carboxylic acids is 2. The first kappa shape index (κ1) is 20.2. The van der Waals surface area contributed by atoms with E-state index in [1.165, 1.54) is 7.11 Å². The molecule has 0 atom stereocenters. The van der Waals surface area contributed by atoms with Crippen LogP contribution in [0, 0.1) is 0 Å². The van der Waals surface area contributed by atoms with Crippen LogP contribution in [0.1, 0.15) is 29.3 Å². The second-order valence-electron chi connectivity index (χ2n) is 6.68. The summed E-state index contributed by atoms with van der Waals surface area (Å²) in [6, 6.07) is 14.8. The van der Waals surface area contributed by atoms with Crippen molar-refractivity contribution in [2.24, 2.45) is 7.05 Å². The van der Waals surface area contributed by atoms with Gasteiger partial charge < -0.3 is 19.9 Å². The molecule has 3 aromatic rings. The SMILES string of the molecule is CCCNC(=O)C(=Cc1cn(C)c2ccccc12)NC(=O)c1ccccc1OC. The minimum absolute atomic E-state index is 0.186. The van der Waals surface area contributed by atoms with Gasteiger partial charge in [-0.15, -0.1) is 0 Å². The Labute approximate surface area is 170 Å². The van der Waals surface area contributed by atoms with Crippen LogP contribution >= 0.6 is 0 Å². The van der Waals surface area contributed by atoms with Gasteiger partial charge in [-0.3, -0.25) is 9.59 Å². The maximum absolute atomic E-state index is 12.9. The highest BCUT2D eigenvalue weighted by molar-refractivity contribution is 6.07. The molecule has 150 valence electrons. The number of methoxy groups -OCH3 is 1. The number of para-hydroxylation sites is 2. The van der Waals surface area contributed by atoms with E-state index in [4.69, 9.17) is 4.74 Å². The number of amides is 2. The second kappa shape index (κ2) is 9.10. The third-order valence-electron chi connectivity index (χ3n) is 4.61. The highest BCUT2D eigenvalue weighted by Gasteiger charge is 2.18. The molecule has 0 fully saturated rings. The van der Waals surface area contributed by atoms with Crippen LogP contribution in [0.4, 0.5) is 0 Å². The van der Waals surface area contributed by atoms with Gasteiger partial charge in [-0.1, -0.05) is 37.3 Å². The van der Waals surface area contributed by atoms with Crippen molar-refractivity contribution in [1.82, 2.24) is 15.2 Å². The van der Waals surface area contributed by atoms with E-state index in [0.717, 1.165) is 22.9 Å². The van der Waals surface area contributed by atoms with Gasteiger partial charge in [0, 0.05) is 36.3 Å². The largest absolute Gasteiger partial charge is 0.496 e. The number of rotatable bonds is 7. The zero-order valence-corrected chi connectivity index (χ0v) is 16.9. The number of hydrogen-bond donors (Lipinski definition) is 2. The molecule has 0 aliphatic heterocycles. The van der Waals surface area contributed by atoms with Crippen LogP contribution in [0.3, 0.4) is 0 Å². The molecule has 1 heterocycles. The van der Waals surface area contributed by atoms with Crippen molar-refractivity contribution in [2.45, 2.75) is 13.3 Å². The van der Waals surface area contributed by atoms with Crippen LogP contribution in [0.15, 0.2) is 60.4 Å². The summed E-state index contributed by atoms with van der Waals surface area (Å²) in [5.74, 6) is -0.285. The van der Waals surface area contributed by atoms with Gasteiger partial charge in [-0.25, -0.2) is 0 Å². The Bertz CT molecular complexity index is 1070. The summed E-state index contributed by atoms with van der Waals surface area (Å²) in [4.78, 5) is 25.6. The van der Waals surface area contributed by atoms with E-state index >= 15 is 0 Å². The van der Waals surface area contributed by atoms with Crippen molar-refractivity contribution in [3.05, 3.63) is 71.6 Å². The maximum Gasteiger partial charge on any atom is 0.267 e. The Morgan fingerprint density at radius 1 is 1.10 bits per heavy atom. The van der Waals surface area contributed by atoms with Gasteiger partial charge in [-0.05, 0) is 30.7 Å². The molecule has 0 saturated heterocycles. The third kappa shape index (κ3) is 4.48. The summed E-state index contributed by atoms with van der Waals surface area (Å²) in [5, 5.41) is 6.60. The highest BCUT2D eigenvalue weighted by Crippen LogP contribution is 2.23. The molecule has 0 radical (unpaired) electrons. The fourth-order valence-corrected chi connectivity index (χ4v) is 3.16. The molecule has 1 aromatic heterocycles. The molecule has 0 aliphatic carbocycles. The van der Waals surface area contributed by atoms with E-state index in [2.05, 4.69) is 10.6 Å². The lowest BCUT2D eigenvalue weighted by atomic mass is 10.1.